The fraction of sp³-hybridized carbons (Fsp3) is 0.895. The van der Waals surface area contributed by atoms with Gasteiger partial charge in [0.15, 0.2) is 0 Å². The molecule has 4 aliphatic rings. The van der Waals surface area contributed by atoms with Gasteiger partial charge >= 0.3 is 0 Å². The minimum Gasteiger partial charge on any atom is -0.271 e. The minimum absolute atomic E-state index is 0.0335. The molecule has 0 aromatic rings. The summed E-state index contributed by atoms with van der Waals surface area (Å²) in [4.78, 5) is 17.1. The summed E-state index contributed by atoms with van der Waals surface area (Å²) in [5, 5.41) is 1.06. The SMILES string of the molecule is CC1(CC2CCN(S(C)(=O)=O)CC2)SC(C[C@H]2CC3CCC2C3)=NC1=O. The topological polar surface area (TPSA) is 66.8 Å². The molecule has 3 fully saturated rings. The zero-order valence-electron chi connectivity index (χ0n) is 15.8. The van der Waals surface area contributed by atoms with E-state index in [-0.39, 0.29) is 5.91 Å². The first-order valence-electron chi connectivity index (χ1n) is 9.99. The Bertz CT molecular complexity index is 712. The fourth-order valence-corrected chi connectivity index (χ4v) is 7.89. The maximum Gasteiger partial charge on any atom is 0.262 e. The number of carbonyl (C=O) groups is 1. The molecule has 5 nitrogen and oxygen atoms in total. The summed E-state index contributed by atoms with van der Waals surface area (Å²) >= 11 is 1.70. The average Bonchev–Trinajstić information content (AvgIpc) is 3.23. The van der Waals surface area contributed by atoms with Gasteiger partial charge in [-0.25, -0.2) is 17.7 Å². The molecule has 4 atom stereocenters. The van der Waals surface area contributed by atoms with Gasteiger partial charge in [0.25, 0.3) is 5.91 Å². The fourth-order valence-electron chi connectivity index (χ4n) is 5.62. The van der Waals surface area contributed by atoms with Crippen LogP contribution in [0.25, 0.3) is 0 Å². The molecule has 1 amide bonds. The molecular formula is C19H30N2O3S2. The van der Waals surface area contributed by atoms with Crippen LogP contribution in [0, 0.1) is 23.7 Å². The van der Waals surface area contributed by atoms with Crippen molar-refractivity contribution in [3.63, 3.8) is 0 Å². The van der Waals surface area contributed by atoms with Gasteiger partial charge in [-0.2, -0.15) is 0 Å². The Labute approximate surface area is 161 Å². The molecule has 1 saturated heterocycles. The Balaban J connectivity index is 1.31. The number of sulfonamides is 1. The molecule has 0 N–H and O–H groups in total. The summed E-state index contributed by atoms with van der Waals surface area (Å²) in [6, 6.07) is 0. The van der Waals surface area contributed by atoms with Crippen molar-refractivity contribution < 1.29 is 13.2 Å². The predicted octanol–water partition coefficient (Wildman–Crippen LogP) is 3.31. The summed E-state index contributed by atoms with van der Waals surface area (Å²) in [6.07, 6.45) is 10.3. The van der Waals surface area contributed by atoms with Gasteiger partial charge in [0.2, 0.25) is 10.0 Å². The van der Waals surface area contributed by atoms with Crippen molar-refractivity contribution in [1.82, 2.24) is 4.31 Å². The number of amides is 1. The van der Waals surface area contributed by atoms with Crippen molar-refractivity contribution in [3.8, 4) is 0 Å². The number of carbonyl (C=O) groups excluding carboxylic acids is 1. The highest BCUT2D eigenvalue weighted by Crippen LogP contribution is 2.51. The van der Waals surface area contributed by atoms with Gasteiger partial charge in [-0.1, -0.05) is 18.2 Å². The van der Waals surface area contributed by atoms with E-state index >= 15 is 0 Å². The molecule has 4 rings (SSSR count). The largest absolute Gasteiger partial charge is 0.271 e. The Morgan fingerprint density at radius 3 is 2.50 bits per heavy atom. The minimum atomic E-state index is -3.09. The van der Waals surface area contributed by atoms with E-state index in [1.165, 1.54) is 31.9 Å². The lowest BCUT2D eigenvalue weighted by Crippen LogP contribution is -2.40. The number of thioether (sulfide) groups is 1. The third-order valence-electron chi connectivity index (χ3n) is 7.06. The van der Waals surface area contributed by atoms with Crippen LogP contribution < -0.4 is 0 Å². The third kappa shape index (κ3) is 3.76. The second-order valence-electron chi connectivity index (χ2n) is 9.09. The van der Waals surface area contributed by atoms with Crippen molar-refractivity contribution >= 4 is 32.7 Å². The third-order valence-corrected chi connectivity index (χ3v) is 9.65. The molecular weight excluding hydrogens is 368 g/mol. The standard InChI is InChI=1S/C19H30N2O3S2/c1-19(12-13-5-7-21(8-6-13)26(2,23)24)18(22)20-17(25-19)11-16-10-14-3-4-15(16)9-14/h13-16H,3-12H2,1-2H3/t14?,15?,16-,19?/m1/s1. The molecule has 0 spiro atoms. The molecule has 7 heteroatoms. The molecule has 0 aromatic carbocycles. The van der Waals surface area contributed by atoms with Crippen LogP contribution in [-0.2, 0) is 14.8 Å². The lowest BCUT2D eigenvalue weighted by atomic mass is 9.87. The van der Waals surface area contributed by atoms with Gasteiger partial charge < -0.3 is 0 Å². The summed E-state index contributed by atoms with van der Waals surface area (Å²) in [7, 11) is -3.09. The zero-order valence-corrected chi connectivity index (χ0v) is 17.4. The maximum atomic E-state index is 12.6. The lowest BCUT2D eigenvalue weighted by molar-refractivity contribution is -0.119. The van der Waals surface area contributed by atoms with Crippen LogP contribution in [0.5, 0.6) is 0 Å². The number of piperidine rings is 1. The van der Waals surface area contributed by atoms with Gasteiger partial charge in [-0.3, -0.25) is 4.79 Å². The Hall–Kier alpha value is -0.400. The van der Waals surface area contributed by atoms with Gasteiger partial charge in [0.1, 0.15) is 4.75 Å². The highest BCUT2D eigenvalue weighted by Gasteiger charge is 2.46. The van der Waals surface area contributed by atoms with E-state index in [1.54, 1.807) is 16.1 Å². The summed E-state index contributed by atoms with van der Waals surface area (Å²) in [5.74, 6) is 2.98. The van der Waals surface area contributed by atoms with E-state index in [0.29, 0.717) is 19.0 Å². The number of nitrogens with zero attached hydrogens (tertiary/aromatic N) is 2. The van der Waals surface area contributed by atoms with Crippen LogP contribution in [-0.4, -0.2) is 47.8 Å². The van der Waals surface area contributed by atoms with E-state index in [9.17, 15) is 13.2 Å². The molecule has 0 aromatic heterocycles. The van der Waals surface area contributed by atoms with E-state index in [2.05, 4.69) is 4.99 Å². The van der Waals surface area contributed by atoms with Gasteiger partial charge in [0.05, 0.1) is 11.3 Å². The van der Waals surface area contributed by atoms with E-state index in [4.69, 9.17) is 0 Å². The number of hydrogen-bond acceptors (Lipinski definition) is 4. The van der Waals surface area contributed by atoms with Crippen LogP contribution >= 0.6 is 11.8 Å². The zero-order chi connectivity index (χ0) is 18.5. The van der Waals surface area contributed by atoms with Crippen molar-refractivity contribution in [3.05, 3.63) is 0 Å². The highest BCUT2D eigenvalue weighted by atomic mass is 32.2. The maximum absolute atomic E-state index is 12.6. The van der Waals surface area contributed by atoms with Crippen molar-refractivity contribution in [2.75, 3.05) is 19.3 Å². The Morgan fingerprint density at radius 1 is 1.19 bits per heavy atom. The first kappa shape index (κ1) is 18.9. The van der Waals surface area contributed by atoms with Crippen molar-refractivity contribution in [2.45, 2.75) is 63.0 Å². The number of rotatable bonds is 5. The van der Waals surface area contributed by atoms with Gasteiger partial charge in [-0.05, 0) is 75.5 Å². The van der Waals surface area contributed by atoms with Crippen molar-refractivity contribution in [1.29, 1.82) is 0 Å². The quantitative estimate of drug-likeness (QED) is 0.713. The van der Waals surface area contributed by atoms with E-state index in [1.807, 2.05) is 6.92 Å². The number of hydrogen-bond donors (Lipinski definition) is 0. The molecule has 2 saturated carbocycles. The van der Waals surface area contributed by atoms with Gasteiger partial charge in [-0.15, -0.1) is 0 Å². The molecule has 146 valence electrons. The number of fused-ring (bicyclic) bond motifs is 2. The summed E-state index contributed by atoms with van der Waals surface area (Å²) in [6.45, 7) is 3.20. The van der Waals surface area contributed by atoms with E-state index < -0.39 is 14.8 Å². The first-order chi connectivity index (χ1) is 12.2. The molecule has 3 unspecified atom stereocenters. The molecule has 2 aliphatic heterocycles. The van der Waals surface area contributed by atoms with Crippen LogP contribution in [0.15, 0.2) is 4.99 Å². The van der Waals surface area contributed by atoms with Crippen LogP contribution in [0.4, 0.5) is 0 Å². The Kier molecular flexibility index (Phi) is 5.02. The van der Waals surface area contributed by atoms with Crippen LogP contribution in [0.1, 0.15) is 58.3 Å². The average molecular weight is 399 g/mol. The first-order valence-corrected chi connectivity index (χ1v) is 12.7. The van der Waals surface area contributed by atoms with Gasteiger partial charge in [0, 0.05) is 13.1 Å². The normalized spacial score (nSPS) is 38.9. The van der Waals surface area contributed by atoms with Crippen molar-refractivity contribution in [2.24, 2.45) is 28.7 Å². The van der Waals surface area contributed by atoms with Crippen LogP contribution in [0.3, 0.4) is 0 Å². The molecule has 26 heavy (non-hydrogen) atoms. The molecule has 2 bridgehead atoms. The Morgan fingerprint density at radius 2 is 1.92 bits per heavy atom. The lowest BCUT2D eigenvalue weighted by Gasteiger charge is -2.33. The predicted molar refractivity (Wildman–Crippen MR) is 106 cm³/mol. The van der Waals surface area contributed by atoms with Crippen LogP contribution in [0.2, 0.25) is 0 Å². The number of aliphatic imine (C=N–C) groups is 1. The highest BCUT2D eigenvalue weighted by molar-refractivity contribution is 8.16. The second kappa shape index (κ2) is 6.89. The van der Waals surface area contributed by atoms with E-state index in [0.717, 1.165) is 48.5 Å². The molecule has 2 aliphatic carbocycles. The molecule has 2 heterocycles. The summed E-state index contributed by atoms with van der Waals surface area (Å²) in [5.41, 5.74) is 0. The monoisotopic (exact) mass is 398 g/mol. The molecule has 0 radical (unpaired) electrons. The second-order valence-corrected chi connectivity index (χ2v) is 12.7. The smallest absolute Gasteiger partial charge is 0.262 e. The summed E-state index contributed by atoms with van der Waals surface area (Å²) < 4.78 is 24.5.